The molecule has 3 nitrogen and oxygen atoms in total. The van der Waals surface area contributed by atoms with Gasteiger partial charge in [-0.1, -0.05) is 19.9 Å². The number of benzene rings is 1. The summed E-state index contributed by atoms with van der Waals surface area (Å²) in [5, 5.41) is 3.58. The van der Waals surface area contributed by atoms with Crippen LogP contribution in [0.2, 0.25) is 0 Å². The highest BCUT2D eigenvalue weighted by molar-refractivity contribution is 5.42. The molecule has 19 heavy (non-hydrogen) atoms. The van der Waals surface area contributed by atoms with Gasteiger partial charge in [0.1, 0.15) is 0 Å². The smallest absolute Gasteiger partial charge is 0.161 e. The Hall–Kier alpha value is -1.22. The molecule has 3 heteroatoms. The number of nitrogens with one attached hydrogen (secondary N) is 1. The molecule has 0 spiro atoms. The molecule has 0 radical (unpaired) electrons. The SMILES string of the molecule is COc1ccc(CNCC2(C(C)C)CC2)cc1OC. The quantitative estimate of drug-likeness (QED) is 0.819. The first-order valence-corrected chi connectivity index (χ1v) is 7.03. The highest BCUT2D eigenvalue weighted by Gasteiger charge is 2.44. The van der Waals surface area contributed by atoms with Gasteiger partial charge in [0, 0.05) is 13.1 Å². The van der Waals surface area contributed by atoms with E-state index in [1.807, 2.05) is 12.1 Å². The van der Waals surface area contributed by atoms with Crippen molar-refractivity contribution in [2.75, 3.05) is 20.8 Å². The van der Waals surface area contributed by atoms with Crippen LogP contribution in [0.4, 0.5) is 0 Å². The molecular weight excluding hydrogens is 238 g/mol. The zero-order valence-corrected chi connectivity index (χ0v) is 12.5. The van der Waals surface area contributed by atoms with Gasteiger partial charge in [-0.15, -0.1) is 0 Å². The second kappa shape index (κ2) is 5.83. The number of methoxy groups -OCH3 is 2. The third-order valence-corrected chi connectivity index (χ3v) is 4.37. The Balaban J connectivity index is 1.90. The Morgan fingerprint density at radius 2 is 1.84 bits per heavy atom. The molecule has 1 aromatic rings. The lowest BCUT2D eigenvalue weighted by atomic mass is 9.92. The van der Waals surface area contributed by atoms with Crippen LogP contribution in [0.1, 0.15) is 32.3 Å². The number of hydrogen-bond donors (Lipinski definition) is 1. The number of ether oxygens (including phenoxy) is 2. The molecule has 106 valence electrons. The molecule has 0 amide bonds. The molecule has 1 aliphatic rings. The normalized spacial score (nSPS) is 16.5. The molecule has 0 aliphatic heterocycles. The zero-order chi connectivity index (χ0) is 13.9. The van der Waals surface area contributed by atoms with E-state index in [-0.39, 0.29) is 0 Å². The molecule has 1 saturated carbocycles. The number of hydrogen-bond acceptors (Lipinski definition) is 3. The van der Waals surface area contributed by atoms with Crippen LogP contribution in [0.25, 0.3) is 0 Å². The minimum Gasteiger partial charge on any atom is -0.493 e. The highest BCUT2D eigenvalue weighted by atomic mass is 16.5. The molecule has 0 bridgehead atoms. The molecule has 0 atom stereocenters. The third kappa shape index (κ3) is 3.21. The van der Waals surface area contributed by atoms with Gasteiger partial charge in [0.05, 0.1) is 14.2 Å². The van der Waals surface area contributed by atoms with E-state index in [0.29, 0.717) is 5.41 Å². The minimum atomic E-state index is 0.552. The van der Waals surface area contributed by atoms with Crippen molar-refractivity contribution in [3.8, 4) is 11.5 Å². The van der Waals surface area contributed by atoms with Crippen LogP contribution in [0, 0.1) is 11.3 Å². The summed E-state index contributed by atoms with van der Waals surface area (Å²) in [6, 6.07) is 6.09. The molecule has 1 aliphatic carbocycles. The van der Waals surface area contributed by atoms with Crippen molar-refractivity contribution in [1.82, 2.24) is 5.32 Å². The average Bonchev–Trinajstić information content (AvgIpc) is 3.19. The van der Waals surface area contributed by atoms with Crippen LogP contribution in [0.5, 0.6) is 11.5 Å². The lowest BCUT2D eigenvalue weighted by Crippen LogP contribution is -2.27. The largest absolute Gasteiger partial charge is 0.493 e. The predicted octanol–water partition coefficient (Wildman–Crippen LogP) is 3.23. The Kier molecular flexibility index (Phi) is 4.35. The van der Waals surface area contributed by atoms with Crippen molar-refractivity contribution in [3.05, 3.63) is 23.8 Å². The fraction of sp³-hybridized carbons (Fsp3) is 0.625. The Bertz CT molecular complexity index is 425. The third-order valence-electron chi connectivity index (χ3n) is 4.37. The van der Waals surface area contributed by atoms with E-state index >= 15 is 0 Å². The Morgan fingerprint density at radius 1 is 1.16 bits per heavy atom. The molecule has 1 aromatic carbocycles. The molecule has 1 N–H and O–H groups in total. The molecule has 0 heterocycles. The van der Waals surface area contributed by atoms with Crippen LogP contribution < -0.4 is 14.8 Å². The lowest BCUT2D eigenvalue weighted by molar-refractivity contribution is 0.337. The van der Waals surface area contributed by atoms with E-state index in [2.05, 4.69) is 25.2 Å². The van der Waals surface area contributed by atoms with Gasteiger partial charge < -0.3 is 14.8 Å². The van der Waals surface area contributed by atoms with E-state index in [1.165, 1.54) is 18.4 Å². The van der Waals surface area contributed by atoms with Gasteiger partial charge >= 0.3 is 0 Å². The first kappa shape index (κ1) is 14.2. The standard InChI is InChI=1S/C16H25NO2/c1-12(2)16(7-8-16)11-17-10-13-5-6-14(18-3)15(9-13)19-4/h5-6,9,12,17H,7-8,10-11H2,1-4H3. The van der Waals surface area contributed by atoms with Crippen LogP contribution >= 0.6 is 0 Å². The van der Waals surface area contributed by atoms with Crippen molar-refractivity contribution in [1.29, 1.82) is 0 Å². The zero-order valence-electron chi connectivity index (χ0n) is 12.5. The molecular formula is C16H25NO2. The maximum absolute atomic E-state index is 5.32. The van der Waals surface area contributed by atoms with Crippen molar-refractivity contribution in [3.63, 3.8) is 0 Å². The molecule has 1 fully saturated rings. The summed E-state index contributed by atoms with van der Waals surface area (Å²) in [7, 11) is 3.34. The molecule has 0 saturated heterocycles. The van der Waals surface area contributed by atoms with Crippen molar-refractivity contribution in [2.24, 2.45) is 11.3 Å². The first-order chi connectivity index (χ1) is 9.11. The summed E-state index contributed by atoms with van der Waals surface area (Å²) in [6.45, 7) is 6.64. The summed E-state index contributed by atoms with van der Waals surface area (Å²) in [5.41, 5.74) is 1.79. The van der Waals surface area contributed by atoms with Gasteiger partial charge in [0.25, 0.3) is 0 Å². The second-order valence-corrected chi connectivity index (χ2v) is 5.81. The highest BCUT2D eigenvalue weighted by Crippen LogP contribution is 2.51. The van der Waals surface area contributed by atoms with Crippen molar-refractivity contribution >= 4 is 0 Å². The van der Waals surface area contributed by atoms with Gasteiger partial charge in [-0.25, -0.2) is 0 Å². The monoisotopic (exact) mass is 263 g/mol. The fourth-order valence-corrected chi connectivity index (χ4v) is 2.57. The summed E-state index contributed by atoms with van der Waals surface area (Å²) in [4.78, 5) is 0. The number of rotatable bonds is 7. The maximum atomic E-state index is 5.32. The molecule has 2 rings (SSSR count). The Morgan fingerprint density at radius 3 is 2.37 bits per heavy atom. The first-order valence-electron chi connectivity index (χ1n) is 7.03. The minimum absolute atomic E-state index is 0.552. The van der Waals surface area contributed by atoms with Gasteiger partial charge in [0.15, 0.2) is 11.5 Å². The predicted molar refractivity (Wildman–Crippen MR) is 77.8 cm³/mol. The average molecular weight is 263 g/mol. The fourth-order valence-electron chi connectivity index (χ4n) is 2.57. The summed E-state index contributed by atoms with van der Waals surface area (Å²) >= 11 is 0. The van der Waals surface area contributed by atoms with Crippen LogP contribution in [-0.4, -0.2) is 20.8 Å². The Labute approximate surface area is 116 Å². The van der Waals surface area contributed by atoms with Crippen molar-refractivity contribution in [2.45, 2.75) is 33.2 Å². The summed E-state index contributed by atoms with van der Waals surface area (Å²) in [5.74, 6) is 2.35. The topological polar surface area (TPSA) is 30.5 Å². The van der Waals surface area contributed by atoms with Crippen LogP contribution in [-0.2, 0) is 6.54 Å². The van der Waals surface area contributed by atoms with E-state index in [0.717, 1.165) is 30.5 Å². The van der Waals surface area contributed by atoms with Crippen LogP contribution in [0.3, 0.4) is 0 Å². The van der Waals surface area contributed by atoms with Gasteiger partial charge in [0.2, 0.25) is 0 Å². The van der Waals surface area contributed by atoms with Crippen LogP contribution in [0.15, 0.2) is 18.2 Å². The van der Waals surface area contributed by atoms with Gasteiger partial charge in [-0.2, -0.15) is 0 Å². The van der Waals surface area contributed by atoms with E-state index < -0.39 is 0 Å². The van der Waals surface area contributed by atoms with Crippen molar-refractivity contribution < 1.29 is 9.47 Å². The second-order valence-electron chi connectivity index (χ2n) is 5.81. The van der Waals surface area contributed by atoms with E-state index in [1.54, 1.807) is 14.2 Å². The summed E-state index contributed by atoms with van der Waals surface area (Å²) < 4.78 is 10.6. The molecule has 0 unspecified atom stereocenters. The van der Waals surface area contributed by atoms with E-state index in [9.17, 15) is 0 Å². The van der Waals surface area contributed by atoms with E-state index in [4.69, 9.17) is 9.47 Å². The molecule has 0 aromatic heterocycles. The maximum Gasteiger partial charge on any atom is 0.161 e. The lowest BCUT2D eigenvalue weighted by Gasteiger charge is -2.20. The summed E-state index contributed by atoms with van der Waals surface area (Å²) in [6.07, 6.45) is 2.73. The van der Waals surface area contributed by atoms with Gasteiger partial charge in [-0.05, 0) is 41.9 Å². The van der Waals surface area contributed by atoms with Gasteiger partial charge in [-0.3, -0.25) is 0 Å².